The molecule has 2 rings (SSSR count). The molecule has 0 unspecified atom stereocenters. The number of nitrogens with zero attached hydrogens (tertiary/aromatic N) is 4. The molecule has 0 fully saturated rings. The largest absolute Gasteiger partial charge is 0.477 e. The molecule has 0 aliphatic rings. The van der Waals surface area contributed by atoms with Crippen LogP contribution < -0.4 is 4.74 Å². The Morgan fingerprint density at radius 3 is 3.00 bits per heavy atom. The molecule has 0 aliphatic carbocycles. The van der Waals surface area contributed by atoms with Gasteiger partial charge in [0.1, 0.15) is 11.5 Å². The highest BCUT2D eigenvalue weighted by Gasteiger charge is 2.07. The predicted octanol–water partition coefficient (Wildman–Crippen LogP) is 1.21. The van der Waals surface area contributed by atoms with Crippen LogP contribution in [-0.2, 0) is 9.47 Å². The molecule has 0 saturated heterocycles. The lowest BCUT2D eigenvalue weighted by Gasteiger charge is -2.07. The summed E-state index contributed by atoms with van der Waals surface area (Å²) >= 11 is 5.87. The van der Waals surface area contributed by atoms with Crippen molar-refractivity contribution in [3.05, 3.63) is 17.5 Å². The number of fused-ring (bicyclic) bond motifs is 1. The van der Waals surface area contributed by atoms with Crippen LogP contribution in [0.2, 0.25) is 5.15 Å². The Kier molecular flexibility index (Phi) is 5.31. The Hall–Kier alpha value is -1.44. The van der Waals surface area contributed by atoms with E-state index in [4.69, 9.17) is 25.8 Å². The van der Waals surface area contributed by atoms with Crippen LogP contribution in [0.25, 0.3) is 5.78 Å². The smallest absolute Gasteiger partial charge is 0.256 e. The van der Waals surface area contributed by atoms with E-state index in [1.165, 1.54) is 10.8 Å². The van der Waals surface area contributed by atoms with Crippen molar-refractivity contribution < 1.29 is 14.2 Å². The SMILES string of the molecule is COCCOCCCOc1cc(Cl)nc2ncnn12. The molecule has 0 aliphatic heterocycles. The average Bonchev–Trinajstić information content (AvgIpc) is 2.85. The zero-order valence-corrected chi connectivity index (χ0v) is 11.3. The highest BCUT2D eigenvalue weighted by Crippen LogP contribution is 2.16. The van der Waals surface area contributed by atoms with Crippen molar-refractivity contribution in [3.63, 3.8) is 0 Å². The minimum absolute atomic E-state index is 0.326. The molecule has 0 atom stereocenters. The van der Waals surface area contributed by atoms with Gasteiger partial charge in [0.05, 0.1) is 19.8 Å². The molecule has 0 spiro atoms. The zero-order valence-electron chi connectivity index (χ0n) is 10.6. The zero-order chi connectivity index (χ0) is 13.5. The summed E-state index contributed by atoms with van der Waals surface area (Å²) in [7, 11) is 1.64. The van der Waals surface area contributed by atoms with Crippen molar-refractivity contribution in [2.24, 2.45) is 0 Å². The molecule has 0 N–H and O–H groups in total. The van der Waals surface area contributed by atoms with E-state index in [0.29, 0.717) is 43.2 Å². The second-order valence-corrected chi connectivity index (χ2v) is 4.08. The number of hydrogen-bond acceptors (Lipinski definition) is 6. The lowest BCUT2D eigenvalue weighted by atomic mass is 10.5. The van der Waals surface area contributed by atoms with Gasteiger partial charge < -0.3 is 14.2 Å². The van der Waals surface area contributed by atoms with Gasteiger partial charge in [0.25, 0.3) is 5.78 Å². The lowest BCUT2D eigenvalue weighted by molar-refractivity contribution is 0.0640. The quantitative estimate of drug-likeness (QED) is 0.536. The van der Waals surface area contributed by atoms with Crippen LogP contribution in [0.3, 0.4) is 0 Å². The van der Waals surface area contributed by atoms with E-state index in [1.807, 2.05) is 0 Å². The van der Waals surface area contributed by atoms with Crippen LogP contribution in [0.5, 0.6) is 5.88 Å². The summed E-state index contributed by atoms with van der Waals surface area (Å²) in [6.07, 6.45) is 2.17. The maximum atomic E-state index is 5.87. The minimum atomic E-state index is 0.326. The van der Waals surface area contributed by atoms with E-state index in [0.717, 1.165) is 6.42 Å². The van der Waals surface area contributed by atoms with E-state index in [2.05, 4.69) is 15.1 Å². The predicted molar refractivity (Wildman–Crippen MR) is 68.6 cm³/mol. The molecular weight excluding hydrogens is 272 g/mol. The Morgan fingerprint density at radius 2 is 2.16 bits per heavy atom. The monoisotopic (exact) mass is 286 g/mol. The van der Waals surface area contributed by atoms with Crippen molar-refractivity contribution in [3.8, 4) is 5.88 Å². The number of rotatable bonds is 8. The maximum Gasteiger partial charge on any atom is 0.256 e. The number of methoxy groups -OCH3 is 1. The van der Waals surface area contributed by atoms with Gasteiger partial charge in [-0.3, -0.25) is 0 Å². The first kappa shape index (κ1) is 14.0. The minimum Gasteiger partial charge on any atom is -0.477 e. The number of halogens is 1. The average molecular weight is 287 g/mol. The Balaban J connectivity index is 1.79. The lowest BCUT2D eigenvalue weighted by Crippen LogP contribution is -2.08. The van der Waals surface area contributed by atoms with Gasteiger partial charge in [-0.25, -0.2) is 0 Å². The van der Waals surface area contributed by atoms with Crippen molar-refractivity contribution >= 4 is 17.4 Å². The first-order chi connectivity index (χ1) is 9.31. The molecule has 2 aromatic heterocycles. The third-order valence-corrected chi connectivity index (χ3v) is 2.50. The topological polar surface area (TPSA) is 70.8 Å². The summed E-state index contributed by atoms with van der Waals surface area (Å²) in [6, 6.07) is 1.61. The molecule has 7 nitrogen and oxygen atoms in total. The molecule has 104 valence electrons. The molecule has 2 heterocycles. The fraction of sp³-hybridized carbons (Fsp3) is 0.545. The van der Waals surface area contributed by atoms with Gasteiger partial charge in [0, 0.05) is 26.2 Å². The molecule has 0 bridgehead atoms. The van der Waals surface area contributed by atoms with Crippen molar-refractivity contribution in [1.82, 2.24) is 19.6 Å². The molecule has 0 amide bonds. The Morgan fingerprint density at radius 1 is 1.26 bits per heavy atom. The molecule has 0 aromatic carbocycles. The molecule has 19 heavy (non-hydrogen) atoms. The fourth-order valence-electron chi connectivity index (χ4n) is 1.44. The summed E-state index contributed by atoms with van der Waals surface area (Å²) in [5.41, 5.74) is 0. The highest BCUT2D eigenvalue weighted by atomic mass is 35.5. The van der Waals surface area contributed by atoms with Crippen LogP contribution in [0.4, 0.5) is 0 Å². The molecular formula is C11H15ClN4O3. The van der Waals surface area contributed by atoms with Gasteiger partial charge >= 0.3 is 0 Å². The summed E-state index contributed by atoms with van der Waals surface area (Å²) in [5.74, 6) is 0.934. The number of ether oxygens (including phenoxy) is 3. The third-order valence-electron chi connectivity index (χ3n) is 2.30. The van der Waals surface area contributed by atoms with Crippen molar-refractivity contribution in [1.29, 1.82) is 0 Å². The van der Waals surface area contributed by atoms with Gasteiger partial charge in [-0.05, 0) is 0 Å². The van der Waals surface area contributed by atoms with Gasteiger partial charge in [0.2, 0.25) is 5.88 Å². The maximum absolute atomic E-state index is 5.87. The van der Waals surface area contributed by atoms with E-state index < -0.39 is 0 Å². The second kappa shape index (κ2) is 7.22. The van der Waals surface area contributed by atoms with Crippen molar-refractivity contribution in [2.45, 2.75) is 6.42 Å². The first-order valence-electron chi connectivity index (χ1n) is 5.87. The van der Waals surface area contributed by atoms with Gasteiger partial charge in [-0.2, -0.15) is 19.6 Å². The number of hydrogen-bond donors (Lipinski definition) is 0. The van der Waals surface area contributed by atoms with Crippen molar-refractivity contribution in [2.75, 3.05) is 33.5 Å². The van der Waals surface area contributed by atoms with Gasteiger partial charge in [-0.15, -0.1) is 0 Å². The van der Waals surface area contributed by atoms with Crippen LogP contribution >= 0.6 is 11.6 Å². The third kappa shape index (κ3) is 4.02. The summed E-state index contributed by atoms with van der Waals surface area (Å²) in [5, 5.41) is 4.34. The van der Waals surface area contributed by atoms with Crippen LogP contribution in [0, 0.1) is 0 Å². The van der Waals surface area contributed by atoms with E-state index in [9.17, 15) is 0 Å². The van der Waals surface area contributed by atoms with Gasteiger partial charge in [-0.1, -0.05) is 11.6 Å². The molecule has 0 radical (unpaired) electrons. The molecule has 8 heteroatoms. The number of aromatic nitrogens is 4. The fourth-order valence-corrected chi connectivity index (χ4v) is 1.61. The Bertz CT molecular complexity index is 520. The summed E-state index contributed by atoms with van der Waals surface area (Å²) in [4.78, 5) is 7.97. The van der Waals surface area contributed by atoms with Crippen LogP contribution in [0.15, 0.2) is 12.4 Å². The summed E-state index contributed by atoms with van der Waals surface area (Å²) < 4.78 is 17.3. The summed E-state index contributed by atoms with van der Waals surface area (Å²) in [6.45, 7) is 2.30. The van der Waals surface area contributed by atoms with Gasteiger partial charge in [0.15, 0.2) is 0 Å². The van der Waals surface area contributed by atoms with E-state index in [-0.39, 0.29) is 0 Å². The van der Waals surface area contributed by atoms with E-state index in [1.54, 1.807) is 13.2 Å². The normalized spacial score (nSPS) is 11.1. The van der Waals surface area contributed by atoms with Crippen LogP contribution in [-0.4, -0.2) is 53.1 Å². The second-order valence-electron chi connectivity index (χ2n) is 3.70. The van der Waals surface area contributed by atoms with E-state index >= 15 is 0 Å². The first-order valence-corrected chi connectivity index (χ1v) is 6.25. The Labute approximate surface area is 115 Å². The standard InChI is InChI=1S/C11H15ClN4O3/c1-17-5-6-18-3-2-4-19-10-7-9(12)15-11-13-8-14-16(10)11/h7-8H,2-6H2,1H3. The highest BCUT2D eigenvalue weighted by molar-refractivity contribution is 6.29. The molecule has 0 saturated carbocycles. The van der Waals surface area contributed by atoms with Crippen LogP contribution in [0.1, 0.15) is 6.42 Å². The molecule has 2 aromatic rings.